The van der Waals surface area contributed by atoms with Crippen molar-refractivity contribution in [2.45, 2.75) is 39.7 Å². The number of hydrogen-bond donors (Lipinski definition) is 1. The smallest absolute Gasteiger partial charge is 0.323 e. The molecule has 0 aliphatic rings. The Morgan fingerprint density at radius 3 is 2.47 bits per heavy atom. The normalized spacial score (nSPS) is 13.7. The minimum Gasteiger partial charge on any atom is -0.465 e. The molecule has 7 heteroatoms. The average molecular weight is 266 g/mol. The Bertz CT molecular complexity index is 329. The van der Waals surface area contributed by atoms with E-state index in [2.05, 4.69) is 4.72 Å². The molecule has 0 bridgehead atoms. The highest BCUT2D eigenvalue weighted by atomic mass is 32.2. The second-order valence-corrected chi connectivity index (χ2v) is 5.58. The molecular formula is C10H22N2O4S. The Kier molecular flexibility index (Phi) is 7.33. The van der Waals surface area contributed by atoms with Gasteiger partial charge in [-0.25, -0.2) is 0 Å². The van der Waals surface area contributed by atoms with Crippen molar-refractivity contribution in [3.8, 4) is 0 Å². The number of unbranched alkanes of at least 4 members (excludes halogenated alkanes) is 1. The maximum atomic E-state index is 11.8. The summed E-state index contributed by atoms with van der Waals surface area (Å²) in [4.78, 5) is 11.3. The van der Waals surface area contributed by atoms with Gasteiger partial charge < -0.3 is 4.74 Å². The SMILES string of the molecule is CCCCN(C)S(=O)(=O)NC(C)C(=O)OCC. The molecule has 0 aliphatic heterocycles. The molecule has 17 heavy (non-hydrogen) atoms. The van der Waals surface area contributed by atoms with Crippen LogP contribution in [0.5, 0.6) is 0 Å². The van der Waals surface area contributed by atoms with Gasteiger partial charge >= 0.3 is 5.97 Å². The van der Waals surface area contributed by atoms with Crippen LogP contribution >= 0.6 is 0 Å². The van der Waals surface area contributed by atoms with Gasteiger partial charge in [0, 0.05) is 13.6 Å². The van der Waals surface area contributed by atoms with E-state index in [4.69, 9.17) is 4.74 Å². The number of nitrogens with one attached hydrogen (secondary N) is 1. The number of nitrogens with zero attached hydrogens (tertiary/aromatic N) is 1. The number of ether oxygens (including phenoxy) is 1. The molecule has 1 unspecified atom stereocenters. The highest BCUT2D eigenvalue weighted by molar-refractivity contribution is 7.87. The van der Waals surface area contributed by atoms with Crippen molar-refractivity contribution < 1.29 is 17.9 Å². The summed E-state index contributed by atoms with van der Waals surface area (Å²) >= 11 is 0. The Balaban J connectivity index is 4.38. The molecule has 1 atom stereocenters. The van der Waals surface area contributed by atoms with E-state index >= 15 is 0 Å². The molecule has 0 aliphatic carbocycles. The van der Waals surface area contributed by atoms with Crippen molar-refractivity contribution in [3.05, 3.63) is 0 Å². The van der Waals surface area contributed by atoms with Gasteiger partial charge in [0.15, 0.2) is 0 Å². The van der Waals surface area contributed by atoms with Gasteiger partial charge in [0.25, 0.3) is 10.2 Å². The molecule has 0 rings (SSSR count). The maximum absolute atomic E-state index is 11.8. The third kappa shape index (κ3) is 5.99. The van der Waals surface area contributed by atoms with Gasteiger partial charge in [-0.15, -0.1) is 0 Å². The maximum Gasteiger partial charge on any atom is 0.323 e. The topological polar surface area (TPSA) is 75.7 Å². The molecule has 0 fully saturated rings. The van der Waals surface area contributed by atoms with E-state index in [1.54, 1.807) is 6.92 Å². The zero-order valence-electron chi connectivity index (χ0n) is 10.9. The second kappa shape index (κ2) is 7.62. The number of hydrogen-bond acceptors (Lipinski definition) is 4. The van der Waals surface area contributed by atoms with Crippen LogP contribution < -0.4 is 4.72 Å². The summed E-state index contributed by atoms with van der Waals surface area (Å²) in [7, 11) is -2.13. The Labute approximate surface area is 104 Å². The van der Waals surface area contributed by atoms with Crippen LogP contribution in [0.2, 0.25) is 0 Å². The van der Waals surface area contributed by atoms with Gasteiger partial charge in [-0.2, -0.15) is 17.4 Å². The first-order valence-electron chi connectivity index (χ1n) is 5.75. The summed E-state index contributed by atoms with van der Waals surface area (Å²) < 4.78 is 31.7. The van der Waals surface area contributed by atoms with Gasteiger partial charge in [0.05, 0.1) is 6.61 Å². The van der Waals surface area contributed by atoms with Gasteiger partial charge in [0.2, 0.25) is 0 Å². The van der Waals surface area contributed by atoms with Crippen LogP contribution in [0.3, 0.4) is 0 Å². The second-order valence-electron chi connectivity index (χ2n) is 3.77. The fourth-order valence-electron chi connectivity index (χ4n) is 1.13. The molecule has 102 valence electrons. The van der Waals surface area contributed by atoms with Gasteiger partial charge in [-0.3, -0.25) is 4.79 Å². The van der Waals surface area contributed by atoms with Crippen molar-refractivity contribution in [1.29, 1.82) is 0 Å². The van der Waals surface area contributed by atoms with E-state index in [-0.39, 0.29) is 6.61 Å². The van der Waals surface area contributed by atoms with Crippen LogP contribution in [0, 0.1) is 0 Å². The minimum atomic E-state index is -3.61. The largest absolute Gasteiger partial charge is 0.465 e. The summed E-state index contributed by atoms with van der Waals surface area (Å²) in [5, 5.41) is 0. The van der Waals surface area contributed by atoms with Crippen molar-refractivity contribution in [2.24, 2.45) is 0 Å². The van der Waals surface area contributed by atoms with Gasteiger partial charge in [0.1, 0.15) is 6.04 Å². The monoisotopic (exact) mass is 266 g/mol. The molecule has 0 radical (unpaired) electrons. The molecular weight excluding hydrogens is 244 g/mol. The summed E-state index contributed by atoms with van der Waals surface area (Å²) in [6.07, 6.45) is 1.69. The fourth-order valence-corrected chi connectivity index (χ4v) is 2.22. The van der Waals surface area contributed by atoms with Gasteiger partial charge in [-0.05, 0) is 20.3 Å². The van der Waals surface area contributed by atoms with Crippen LogP contribution in [-0.2, 0) is 19.7 Å². The van der Waals surface area contributed by atoms with Crippen LogP contribution in [0.25, 0.3) is 0 Å². The van der Waals surface area contributed by atoms with Crippen molar-refractivity contribution in [2.75, 3.05) is 20.2 Å². The van der Waals surface area contributed by atoms with E-state index in [9.17, 15) is 13.2 Å². The molecule has 0 aromatic heterocycles. The molecule has 0 saturated carbocycles. The molecule has 0 heterocycles. The quantitative estimate of drug-likeness (QED) is 0.649. The molecule has 1 N–H and O–H groups in total. The van der Waals surface area contributed by atoms with E-state index < -0.39 is 22.2 Å². The summed E-state index contributed by atoms with van der Waals surface area (Å²) in [5.74, 6) is -0.569. The molecule has 0 aromatic rings. The molecule has 0 saturated heterocycles. The Morgan fingerprint density at radius 1 is 1.41 bits per heavy atom. The summed E-state index contributed by atoms with van der Waals surface area (Å²) in [5.41, 5.74) is 0. The average Bonchev–Trinajstić information content (AvgIpc) is 2.25. The van der Waals surface area contributed by atoms with Crippen LogP contribution in [0.1, 0.15) is 33.6 Å². The van der Waals surface area contributed by atoms with E-state index in [0.717, 1.165) is 12.8 Å². The lowest BCUT2D eigenvalue weighted by atomic mass is 10.3. The predicted octanol–water partition coefficient (Wildman–Crippen LogP) is 0.504. The van der Waals surface area contributed by atoms with E-state index in [1.165, 1.54) is 18.3 Å². The number of carbonyl (C=O) groups is 1. The highest BCUT2D eigenvalue weighted by Crippen LogP contribution is 2.00. The third-order valence-electron chi connectivity index (χ3n) is 2.20. The van der Waals surface area contributed by atoms with E-state index in [0.29, 0.717) is 6.54 Å². The van der Waals surface area contributed by atoms with Crippen molar-refractivity contribution in [3.63, 3.8) is 0 Å². The zero-order valence-corrected chi connectivity index (χ0v) is 11.7. The fraction of sp³-hybridized carbons (Fsp3) is 0.900. The first-order valence-corrected chi connectivity index (χ1v) is 7.19. The summed E-state index contributed by atoms with van der Waals surface area (Å²) in [6, 6.07) is -0.871. The third-order valence-corrected chi connectivity index (χ3v) is 3.86. The lowest BCUT2D eigenvalue weighted by molar-refractivity contribution is -0.144. The van der Waals surface area contributed by atoms with Crippen LogP contribution in [0.4, 0.5) is 0 Å². The Morgan fingerprint density at radius 2 is 2.00 bits per heavy atom. The molecule has 0 aromatic carbocycles. The number of carbonyl (C=O) groups excluding carboxylic acids is 1. The van der Waals surface area contributed by atoms with Crippen molar-refractivity contribution in [1.82, 2.24) is 9.03 Å². The number of esters is 1. The van der Waals surface area contributed by atoms with Crippen LogP contribution in [-0.4, -0.2) is 44.9 Å². The minimum absolute atomic E-state index is 0.233. The molecule has 0 spiro atoms. The van der Waals surface area contributed by atoms with Gasteiger partial charge in [-0.1, -0.05) is 13.3 Å². The molecule has 6 nitrogen and oxygen atoms in total. The first kappa shape index (κ1) is 16.3. The van der Waals surface area contributed by atoms with Crippen LogP contribution in [0.15, 0.2) is 0 Å². The molecule has 0 amide bonds. The first-order chi connectivity index (χ1) is 7.85. The standard InChI is InChI=1S/C10H22N2O4S/c1-5-7-8-12(4)17(14,15)11-9(3)10(13)16-6-2/h9,11H,5-8H2,1-4H3. The summed E-state index contributed by atoms with van der Waals surface area (Å²) in [6.45, 7) is 5.78. The predicted molar refractivity (Wildman–Crippen MR) is 65.7 cm³/mol. The Hall–Kier alpha value is -0.660. The van der Waals surface area contributed by atoms with E-state index in [1.807, 2.05) is 6.92 Å². The van der Waals surface area contributed by atoms with Crippen molar-refractivity contribution >= 4 is 16.2 Å². The number of rotatable bonds is 8. The lowest BCUT2D eigenvalue weighted by Crippen LogP contribution is -2.46. The lowest BCUT2D eigenvalue weighted by Gasteiger charge is -2.20. The highest BCUT2D eigenvalue weighted by Gasteiger charge is 2.24. The zero-order chi connectivity index (χ0) is 13.5.